The van der Waals surface area contributed by atoms with Gasteiger partial charge in [-0.25, -0.2) is 0 Å². The van der Waals surface area contributed by atoms with Crippen molar-refractivity contribution in [2.24, 2.45) is 11.8 Å². The van der Waals surface area contributed by atoms with E-state index in [4.69, 9.17) is 0 Å². The van der Waals surface area contributed by atoms with Gasteiger partial charge in [-0.15, -0.1) is 6.58 Å². The van der Waals surface area contributed by atoms with E-state index >= 15 is 0 Å². The summed E-state index contributed by atoms with van der Waals surface area (Å²) in [6.45, 7) is 15.4. The third kappa shape index (κ3) is 5.09. The molecule has 0 amide bonds. The van der Waals surface area contributed by atoms with Crippen LogP contribution < -0.4 is 5.32 Å². The van der Waals surface area contributed by atoms with Crippen LogP contribution in [-0.2, 0) is 13.0 Å². The van der Waals surface area contributed by atoms with Gasteiger partial charge in [0, 0.05) is 36.4 Å². The van der Waals surface area contributed by atoms with Gasteiger partial charge in [-0.1, -0.05) is 44.2 Å². The monoisotopic (exact) mass is 421 g/mol. The molecular weight excluding hydrogens is 378 g/mol. The van der Waals surface area contributed by atoms with Gasteiger partial charge < -0.3 is 15.1 Å². The molecule has 3 nitrogen and oxygen atoms in total. The number of benzene rings is 1. The highest BCUT2D eigenvalue weighted by Gasteiger charge is 2.34. The molecule has 0 spiro atoms. The Morgan fingerprint density at radius 3 is 2.74 bits per heavy atom. The number of fused-ring (bicyclic) bond motifs is 1. The van der Waals surface area contributed by atoms with Gasteiger partial charge >= 0.3 is 0 Å². The molecule has 4 rings (SSSR count). The fourth-order valence-corrected chi connectivity index (χ4v) is 6.28. The first-order chi connectivity index (χ1) is 15.1. The van der Waals surface area contributed by atoms with E-state index < -0.39 is 0 Å². The Morgan fingerprint density at radius 2 is 2.00 bits per heavy atom. The van der Waals surface area contributed by atoms with Gasteiger partial charge in [0.05, 0.1) is 0 Å². The van der Waals surface area contributed by atoms with Gasteiger partial charge in [0.2, 0.25) is 0 Å². The minimum absolute atomic E-state index is 0.479. The summed E-state index contributed by atoms with van der Waals surface area (Å²) in [5.74, 6) is 1.75. The van der Waals surface area contributed by atoms with Crippen LogP contribution in [0.1, 0.15) is 68.6 Å². The van der Waals surface area contributed by atoms with E-state index in [0.717, 1.165) is 43.8 Å². The molecule has 0 bridgehead atoms. The van der Waals surface area contributed by atoms with Crippen molar-refractivity contribution in [2.45, 2.75) is 76.9 Å². The first-order valence-electron chi connectivity index (χ1n) is 12.7. The van der Waals surface area contributed by atoms with Crippen molar-refractivity contribution in [3.63, 3.8) is 0 Å². The van der Waals surface area contributed by atoms with E-state index in [1.165, 1.54) is 74.0 Å². The normalized spacial score (nSPS) is 25.7. The lowest BCUT2D eigenvalue weighted by molar-refractivity contribution is 0.112. The minimum atomic E-state index is 0.479. The average Bonchev–Trinajstić information content (AvgIpc) is 3.36. The van der Waals surface area contributed by atoms with Gasteiger partial charge in [0.15, 0.2) is 0 Å². The molecule has 0 radical (unpaired) electrons. The van der Waals surface area contributed by atoms with Gasteiger partial charge in [0.25, 0.3) is 0 Å². The molecule has 2 aliphatic heterocycles. The average molecular weight is 422 g/mol. The molecule has 1 saturated heterocycles. The van der Waals surface area contributed by atoms with Crippen LogP contribution in [0.4, 0.5) is 0 Å². The van der Waals surface area contributed by atoms with Crippen LogP contribution in [0.2, 0.25) is 0 Å². The summed E-state index contributed by atoms with van der Waals surface area (Å²) in [7, 11) is 2.05. The molecule has 3 heteroatoms. The van der Waals surface area contributed by atoms with Crippen LogP contribution in [0.15, 0.2) is 37.4 Å². The standard InChI is InChI=1S/C28H43N3/c1-5-6-9-26(19-29-4)31-20-25-18-23(11-12-27(25)22(31)3)17-24-8-7-10-28(24)30-15-13-21(2)14-16-30/h5,11-12,18,21,24,26,28-29H,1,3,6-10,13-17,19-20H2,2,4H3. The topological polar surface area (TPSA) is 18.5 Å². The first-order valence-corrected chi connectivity index (χ1v) is 12.7. The van der Waals surface area contributed by atoms with E-state index in [1.807, 2.05) is 13.1 Å². The van der Waals surface area contributed by atoms with Crippen LogP contribution in [-0.4, -0.2) is 48.6 Å². The lowest BCUT2D eigenvalue weighted by Crippen LogP contribution is -2.43. The molecule has 1 aromatic carbocycles. The maximum absolute atomic E-state index is 4.47. The summed E-state index contributed by atoms with van der Waals surface area (Å²) < 4.78 is 0. The van der Waals surface area contributed by atoms with Crippen molar-refractivity contribution in [3.8, 4) is 0 Å². The minimum Gasteiger partial charge on any atom is -0.363 e. The van der Waals surface area contributed by atoms with E-state index in [0.29, 0.717) is 6.04 Å². The van der Waals surface area contributed by atoms with Crippen LogP contribution in [0.25, 0.3) is 5.70 Å². The third-order valence-electron chi connectivity index (χ3n) is 8.16. The zero-order chi connectivity index (χ0) is 21.8. The van der Waals surface area contributed by atoms with Crippen molar-refractivity contribution in [1.29, 1.82) is 0 Å². The molecule has 1 N–H and O–H groups in total. The van der Waals surface area contributed by atoms with Gasteiger partial charge in [0.1, 0.15) is 0 Å². The van der Waals surface area contributed by atoms with Gasteiger partial charge in [-0.3, -0.25) is 0 Å². The highest BCUT2D eigenvalue weighted by atomic mass is 15.2. The predicted molar refractivity (Wildman–Crippen MR) is 133 cm³/mol. The number of hydrogen-bond acceptors (Lipinski definition) is 3. The molecule has 2 heterocycles. The number of nitrogens with zero attached hydrogens (tertiary/aromatic N) is 2. The molecule has 2 fully saturated rings. The van der Waals surface area contributed by atoms with Gasteiger partial charge in [-0.05, 0) is 88.0 Å². The maximum atomic E-state index is 4.47. The molecule has 1 aromatic rings. The van der Waals surface area contributed by atoms with E-state index in [-0.39, 0.29) is 0 Å². The zero-order valence-electron chi connectivity index (χ0n) is 19.9. The Balaban J connectivity index is 1.42. The van der Waals surface area contributed by atoms with E-state index in [1.54, 1.807) is 0 Å². The van der Waals surface area contributed by atoms with Crippen molar-refractivity contribution in [3.05, 3.63) is 54.1 Å². The molecule has 0 aromatic heterocycles. The number of rotatable bonds is 9. The molecule has 3 aliphatic rings. The predicted octanol–water partition coefficient (Wildman–Crippen LogP) is 5.47. The summed E-state index contributed by atoms with van der Waals surface area (Å²) in [6.07, 6.45) is 12.5. The Hall–Kier alpha value is -1.58. The molecule has 31 heavy (non-hydrogen) atoms. The van der Waals surface area contributed by atoms with Crippen molar-refractivity contribution < 1.29 is 0 Å². The second-order valence-electron chi connectivity index (χ2n) is 10.3. The highest BCUT2D eigenvalue weighted by molar-refractivity contribution is 5.69. The van der Waals surface area contributed by atoms with E-state index in [2.05, 4.69) is 53.4 Å². The largest absolute Gasteiger partial charge is 0.363 e. The Labute approximate surface area is 190 Å². The molecule has 1 saturated carbocycles. The van der Waals surface area contributed by atoms with Crippen LogP contribution in [0.3, 0.4) is 0 Å². The summed E-state index contributed by atoms with van der Waals surface area (Å²) in [5, 5.41) is 3.38. The van der Waals surface area contributed by atoms with Crippen LogP contribution in [0, 0.1) is 11.8 Å². The van der Waals surface area contributed by atoms with Crippen molar-refractivity contribution in [2.75, 3.05) is 26.7 Å². The zero-order valence-corrected chi connectivity index (χ0v) is 19.9. The lowest BCUT2D eigenvalue weighted by Gasteiger charge is -2.38. The van der Waals surface area contributed by atoms with Crippen molar-refractivity contribution >= 4 is 5.70 Å². The molecule has 3 atom stereocenters. The second-order valence-corrected chi connectivity index (χ2v) is 10.3. The molecular formula is C28H43N3. The molecule has 1 aliphatic carbocycles. The first kappa shape index (κ1) is 22.6. The SMILES string of the molecule is C=CCCC(CNC)N1Cc2cc(CC3CCCC3N3CCC(C)CC3)ccc2C1=C. The summed E-state index contributed by atoms with van der Waals surface area (Å²) >= 11 is 0. The van der Waals surface area contributed by atoms with Gasteiger partial charge in [-0.2, -0.15) is 0 Å². The number of hydrogen-bond donors (Lipinski definition) is 1. The summed E-state index contributed by atoms with van der Waals surface area (Å²) in [5.41, 5.74) is 5.57. The molecule has 170 valence electrons. The number of piperidine rings is 1. The summed E-state index contributed by atoms with van der Waals surface area (Å²) in [6, 6.07) is 8.53. The second kappa shape index (κ2) is 10.4. The lowest BCUT2D eigenvalue weighted by atomic mass is 9.90. The highest BCUT2D eigenvalue weighted by Crippen LogP contribution is 2.38. The number of nitrogens with one attached hydrogen (secondary N) is 1. The summed E-state index contributed by atoms with van der Waals surface area (Å²) in [4.78, 5) is 5.35. The maximum Gasteiger partial charge on any atom is 0.0439 e. The fourth-order valence-electron chi connectivity index (χ4n) is 6.28. The number of likely N-dealkylation sites (N-methyl/N-ethyl adjacent to an activating group) is 1. The van der Waals surface area contributed by atoms with Crippen molar-refractivity contribution in [1.82, 2.24) is 15.1 Å². The fraction of sp³-hybridized carbons (Fsp3) is 0.643. The Morgan fingerprint density at radius 1 is 1.19 bits per heavy atom. The Kier molecular flexibility index (Phi) is 7.55. The van der Waals surface area contributed by atoms with Crippen LogP contribution in [0.5, 0.6) is 0 Å². The smallest absolute Gasteiger partial charge is 0.0439 e. The van der Waals surface area contributed by atoms with E-state index in [9.17, 15) is 0 Å². The van der Waals surface area contributed by atoms with Crippen LogP contribution >= 0.6 is 0 Å². The number of allylic oxidation sites excluding steroid dienone is 1. The third-order valence-corrected chi connectivity index (χ3v) is 8.16. The molecule has 3 unspecified atom stereocenters. The Bertz CT molecular complexity index is 762. The number of likely N-dealkylation sites (tertiary alicyclic amines) is 1. The quantitative estimate of drug-likeness (QED) is 0.533.